The number of esters is 2. The predicted molar refractivity (Wildman–Crippen MR) is 69.7 cm³/mol. The van der Waals surface area contributed by atoms with Crippen LogP contribution in [-0.4, -0.2) is 37.4 Å². The summed E-state index contributed by atoms with van der Waals surface area (Å²) in [7, 11) is 0. The van der Waals surface area contributed by atoms with Gasteiger partial charge >= 0.3 is 18.0 Å². The highest BCUT2D eigenvalue weighted by Crippen LogP contribution is 2.25. The SMILES string of the molecule is CC(=O)OCC(COC(C)(F)F)OC(=O)C1CCCCC1. The van der Waals surface area contributed by atoms with Gasteiger partial charge in [0.25, 0.3) is 0 Å². The highest BCUT2D eigenvalue weighted by Gasteiger charge is 2.29. The van der Waals surface area contributed by atoms with Crippen molar-refractivity contribution in [1.29, 1.82) is 0 Å². The number of carbonyl (C=O) groups excluding carboxylic acids is 2. The van der Waals surface area contributed by atoms with Crippen LogP contribution in [0.5, 0.6) is 0 Å². The number of hydrogen-bond donors (Lipinski definition) is 0. The Morgan fingerprint density at radius 1 is 1.19 bits per heavy atom. The Labute approximate surface area is 122 Å². The smallest absolute Gasteiger partial charge is 0.353 e. The number of ether oxygens (including phenoxy) is 3. The molecule has 1 fully saturated rings. The van der Waals surface area contributed by atoms with E-state index in [0.717, 1.165) is 32.1 Å². The largest absolute Gasteiger partial charge is 0.462 e. The molecule has 7 heteroatoms. The molecule has 1 rings (SSSR count). The van der Waals surface area contributed by atoms with Crippen LogP contribution in [-0.2, 0) is 23.8 Å². The van der Waals surface area contributed by atoms with E-state index in [2.05, 4.69) is 4.74 Å². The Morgan fingerprint density at radius 3 is 2.33 bits per heavy atom. The Balaban J connectivity index is 2.49. The Kier molecular flexibility index (Phi) is 7.01. The van der Waals surface area contributed by atoms with E-state index in [0.29, 0.717) is 6.92 Å². The topological polar surface area (TPSA) is 61.8 Å². The molecule has 1 saturated carbocycles. The van der Waals surface area contributed by atoms with Crippen molar-refractivity contribution >= 4 is 11.9 Å². The van der Waals surface area contributed by atoms with Crippen LogP contribution in [0, 0.1) is 5.92 Å². The molecule has 0 heterocycles. The van der Waals surface area contributed by atoms with Crippen LogP contribution in [0.2, 0.25) is 0 Å². The maximum atomic E-state index is 12.7. The van der Waals surface area contributed by atoms with Crippen LogP contribution in [0.25, 0.3) is 0 Å². The highest BCUT2D eigenvalue weighted by atomic mass is 19.3. The molecule has 1 aliphatic carbocycles. The lowest BCUT2D eigenvalue weighted by Gasteiger charge is -2.24. The first-order valence-corrected chi connectivity index (χ1v) is 7.13. The van der Waals surface area contributed by atoms with Crippen molar-refractivity contribution in [3.8, 4) is 0 Å². The zero-order valence-corrected chi connectivity index (χ0v) is 12.4. The molecule has 0 amide bonds. The monoisotopic (exact) mass is 308 g/mol. The normalized spacial score (nSPS) is 18.1. The van der Waals surface area contributed by atoms with E-state index in [9.17, 15) is 18.4 Å². The molecule has 0 aliphatic heterocycles. The van der Waals surface area contributed by atoms with Gasteiger partial charge in [0.2, 0.25) is 0 Å². The summed E-state index contributed by atoms with van der Waals surface area (Å²) in [6, 6.07) is 0. The van der Waals surface area contributed by atoms with Crippen LogP contribution < -0.4 is 0 Å². The number of halogens is 2. The maximum absolute atomic E-state index is 12.7. The summed E-state index contributed by atoms with van der Waals surface area (Å²) in [4.78, 5) is 22.8. The van der Waals surface area contributed by atoms with Gasteiger partial charge in [0.15, 0.2) is 6.10 Å². The Bertz CT molecular complexity index is 348. The van der Waals surface area contributed by atoms with E-state index in [-0.39, 0.29) is 12.5 Å². The molecule has 0 radical (unpaired) electrons. The Morgan fingerprint density at radius 2 is 1.81 bits per heavy atom. The van der Waals surface area contributed by atoms with Gasteiger partial charge in [0.1, 0.15) is 6.61 Å². The number of rotatable bonds is 7. The summed E-state index contributed by atoms with van der Waals surface area (Å²) < 4.78 is 39.6. The van der Waals surface area contributed by atoms with Gasteiger partial charge in [-0.2, -0.15) is 8.78 Å². The molecule has 21 heavy (non-hydrogen) atoms. The second-order valence-corrected chi connectivity index (χ2v) is 5.32. The highest BCUT2D eigenvalue weighted by molar-refractivity contribution is 5.72. The van der Waals surface area contributed by atoms with E-state index in [1.54, 1.807) is 0 Å². The van der Waals surface area contributed by atoms with E-state index >= 15 is 0 Å². The standard InChI is InChI=1S/C14H22F2O5/c1-10(17)19-8-12(9-20-14(2,15)16)21-13(18)11-6-4-3-5-7-11/h11-12H,3-9H2,1-2H3. The van der Waals surface area contributed by atoms with Gasteiger partial charge in [-0.05, 0) is 12.8 Å². The third kappa shape index (κ3) is 7.94. The summed E-state index contributed by atoms with van der Waals surface area (Å²) in [5.41, 5.74) is 0. The summed E-state index contributed by atoms with van der Waals surface area (Å²) in [5, 5.41) is 0. The van der Waals surface area contributed by atoms with E-state index in [1.165, 1.54) is 6.92 Å². The minimum Gasteiger partial charge on any atom is -0.462 e. The lowest BCUT2D eigenvalue weighted by atomic mass is 9.89. The zero-order valence-electron chi connectivity index (χ0n) is 12.4. The first kappa shape index (κ1) is 17.8. The van der Waals surface area contributed by atoms with Gasteiger partial charge < -0.3 is 14.2 Å². The number of hydrogen-bond acceptors (Lipinski definition) is 5. The van der Waals surface area contributed by atoms with E-state index in [1.807, 2.05) is 0 Å². The van der Waals surface area contributed by atoms with Gasteiger partial charge in [-0.1, -0.05) is 19.3 Å². The molecule has 0 spiro atoms. The van der Waals surface area contributed by atoms with Crippen molar-refractivity contribution in [3.63, 3.8) is 0 Å². The maximum Gasteiger partial charge on any atom is 0.353 e. The van der Waals surface area contributed by atoms with Gasteiger partial charge in [0.05, 0.1) is 12.5 Å². The average molecular weight is 308 g/mol. The van der Waals surface area contributed by atoms with Gasteiger partial charge in [0, 0.05) is 13.8 Å². The molecule has 1 unspecified atom stereocenters. The van der Waals surface area contributed by atoms with Crippen molar-refractivity contribution in [2.75, 3.05) is 13.2 Å². The second-order valence-electron chi connectivity index (χ2n) is 5.32. The molecule has 1 atom stereocenters. The second kappa shape index (κ2) is 8.26. The quantitative estimate of drug-likeness (QED) is 0.677. The minimum absolute atomic E-state index is 0.208. The summed E-state index contributed by atoms with van der Waals surface area (Å²) in [6.45, 7) is 0.979. The number of alkyl halides is 2. The van der Waals surface area contributed by atoms with E-state index in [4.69, 9.17) is 9.47 Å². The fourth-order valence-corrected chi connectivity index (χ4v) is 2.16. The molecule has 122 valence electrons. The van der Waals surface area contributed by atoms with Crippen LogP contribution in [0.1, 0.15) is 46.0 Å². The average Bonchev–Trinajstić information content (AvgIpc) is 2.41. The Hall–Kier alpha value is -1.24. The fourth-order valence-electron chi connectivity index (χ4n) is 2.16. The third-order valence-corrected chi connectivity index (χ3v) is 3.22. The van der Waals surface area contributed by atoms with Crippen molar-refractivity contribution < 1.29 is 32.6 Å². The summed E-state index contributed by atoms with van der Waals surface area (Å²) in [5.74, 6) is -1.22. The molecule has 0 bridgehead atoms. The van der Waals surface area contributed by atoms with Crippen molar-refractivity contribution in [2.24, 2.45) is 5.92 Å². The fraction of sp³-hybridized carbons (Fsp3) is 0.857. The zero-order chi connectivity index (χ0) is 15.9. The summed E-state index contributed by atoms with van der Waals surface area (Å²) >= 11 is 0. The van der Waals surface area contributed by atoms with Gasteiger partial charge in [-0.25, -0.2) is 0 Å². The van der Waals surface area contributed by atoms with Gasteiger partial charge in [-0.3, -0.25) is 9.59 Å². The first-order valence-electron chi connectivity index (χ1n) is 7.13. The number of carbonyl (C=O) groups is 2. The van der Waals surface area contributed by atoms with Crippen molar-refractivity contribution in [2.45, 2.75) is 58.2 Å². The molecule has 0 aromatic heterocycles. The van der Waals surface area contributed by atoms with Crippen molar-refractivity contribution in [3.05, 3.63) is 0 Å². The van der Waals surface area contributed by atoms with Crippen LogP contribution in [0.4, 0.5) is 8.78 Å². The summed E-state index contributed by atoms with van der Waals surface area (Å²) in [6.07, 6.45) is 0.135. The molecule has 0 aromatic rings. The molecule has 5 nitrogen and oxygen atoms in total. The van der Waals surface area contributed by atoms with Crippen molar-refractivity contribution in [1.82, 2.24) is 0 Å². The van der Waals surface area contributed by atoms with E-state index < -0.39 is 30.8 Å². The van der Waals surface area contributed by atoms with Crippen LogP contribution in [0.3, 0.4) is 0 Å². The molecule has 0 saturated heterocycles. The predicted octanol–water partition coefficient (Wildman–Crippen LogP) is 2.67. The third-order valence-electron chi connectivity index (χ3n) is 3.22. The molecular weight excluding hydrogens is 286 g/mol. The lowest BCUT2D eigenvalue weighted by Crippen LogP contribution is -2.34. The minimum atomic E-state index is -3.33. The first-order chi connectivity index (χ1) is 9.78. The molecule has 1 aliphatic rings. The van der Waals surface area contributed by atoms with Crippen LogP contribution >= 0.6 is 0 Å². The van der Waals surface area contributed by atoms with Gasteiger partial charge in [-0.15, -0.1) is 0 Å². The van der Waals surface area contributed by atoms with Crippen LogP contribution in [0.15, 0.2) is 0 Å². The molecular formula is C14H22F2O5. The molecule has 0 aromatic carbocycles. The molecule has 0 N–H and O–H groups in total. The lowest BCUT2D eigenvalue weighted by molar-refractivity contribution is -0.240.